The number of thiazole rings is 1. The monoisotopic (exact) mass is 425 g/mol. The van der Waals surface area contributed by atoms with Crippen LogP contribution in [0.15, 0.2) is 64.5 Å². The number of ether oxygens (including phenoxy) is 1. The second kappa shape index (κ2) is 8.62. The van der Waals surface area contributed by atoms with Gasteiger partial charge in [-0.1, -0.05) is 30.0 Å². The fourth-order valence-corrected chi connectivity index (χ4v) is 4.40. The van der Waals surface area contributed by atoms with E-state index in [1.54, 1.807) is 22.7 Å². The van der Waals surface area contributed by atoms with Crippen LogP contribution in [-0.4, -0.2) is 24.1 Å². The van der Waals surface area contributed by atoms with Crippen molar-refractivity contribution < 1.29 is 4.74 Å². The van der Waals surface area contributed by atoms with Crippen LogP contribution in [0.5, 0.6) is 5.75 Å². The first kappa shape index (κ1) is 19.4. The number of nitrogens with zero attached hydrogens (tertiary/aromatic N) is 5. The van der Waals surface area contributed by atoms with Crippen LogP contribution in [0, 0.1) is 6.92 Å². The molecule has 0 aliphatic heterocycles. The van der Waals surface area contributed by atoms with E-state index in [0.29, 0.717) is 29.6 Å². The maximum atomic E-state index is 12.1. The van der Waals surface area contributed by atoms with Crippen LogP contribution in [0.25, 0.3) is 4.96 Å². The largest absolute Gasteiger partial charge is 0.486 e. The number of rotatable bonds is 8. The van der Waals surface area contributed by atoms with E-state index < -0.39 is 0 Å². The number of fused-ring (bicyclic) bond motifs is 1. The van der Waals surface area contributed by atoms with Gasteiger partial charge in [0.25, 0.3) is 5.56 Å². The molecule has 0 fully saturated rings. The van der Waals surface area contributed by atoms with Crippen molar-refractivity contribution >= 4 is 28.1 Å². The van der Waals surface area contributed by atoms with E-state index in [1.807, 2.05) is 41.1 Å². The predicted octanol–water partition coefficient (Wildman–Crippen LogP) is 3.71. The molecule has 3 heterocycles. The summed E-state index contributed by atoms with van der Waals surface area (Å²) in [6.45, 7) is 6.73. The Labute approximate surface area is 175 Å². The van der Waals surface area contributed by atoms with Crippen molar-refractivity contribution in [3.05, 3.63) is 82.0 Å². The Balaban J connectivity index is 1.49. The summed E-state index contributed by atoms with van der Waals surface area (Å²) in [7, 11) is 0. The van der Waals surface area contributed by atoms with Gasteiger partial charge in [0.15, 0.2) is 15.9 Å². The molecule has 3 aromatic heterocycles. The molecule has 0 N–H and O–H groups in total. The second-order valence-corrected chi connectivity index (χ2v) is 8.15. The van der Waals surface area contributed by atoms with Crippen LogP contribution >= 0.6 is 23.1 Å². The second-order valence-electron chi connectivity index (χ2n) is 6.33. The quantitative estimate of drug-likeness (QED) is 0.316. The zero-order valence-corrected chi connectivity index (χ0v) is 17.4. The minimum absolute atomic E-state index is 0.0772. The number of aromatic nitrogens is 5. The van der Waals surface area contributed by atoms with Gasteiger partial charge in [0.1, 0.15) is 12.4 Å². The van der Waals surface area contributed by atoms with Gasteiger partial charge >= 0.3 is 0 Å². The van der Waals surface area contributed by atoms with Crippen molar-refractivity contribution in [3.8, 4) is 5.75 Å². The zero-order valence-electron chi connectivity index (χ0n) is 15.8. The maximum absolute atomic E-state index is 12.1. The Hall–Kier alpha value is -2.91. The molecule has 1 aromatic carbocycles. The van der Waals surface area contributed by atoms with E-state index in [-0.39, 0.29) is 5.56 Å². The van der Waals surface area contributed by atoms with E-state index in [4.69, 9.17) is 4.74 Å². The maximum Gasteiger partial charge on any atom is 0.258 e. The van der Waals surface area contributed by atoms with Crippen LogP contribution < -0.4 is 10.3 Å². The van der Waals surface area contributed by atoms with Gasteiger partial charge in [0.05, 0.1) is 5.69 Å². The molecular formula is C20H19N5O2S2. The normalized spacial score (nSPS) is 11.1. The molecule has 0 atom stereocenters. The summed E-state index contributed by atoms with van der Waals surface area (Å²) in [5.41, 5.74) is 1.78. The average Bonchev–Trinajstić information content (AvgIpc) is 3.33. The van der Waals surface area contributed by atoms with Crippen molar-refractivity contribution in [2.24, 2.45) is 0 Å². The molecular weight excluding hydrogens is 406 g/mol. The number of thioether (sulfide) groups is 1. The zero-order chi connectivity index (χ0) is 20.2. The van der Waals surface area contributed by atoms with E-state index in [1.165, 1.54) is 23.1 Å². The summed E-state index contributed by atoms with van der Waals surface area (Å²) in [5.74, 6) is 2.04. The molecule has 4 aromatic rings. The molecule has 0 bridgehead atoms. The van der Waals surface area contributed by atoms with Crippen LogP contribution in [0.4, 0.5) is 0 Å². The standard InChI is InChI=1S/C20H19N5O2S2/c1-3-7-24-17(12-27-16-6-4-5-14(2)10-16)22-23-20(24)29-13-15-11-18(26)25-8-9-28-19(25)21-15/h3-6,8-11H,1,7,12-13H2,2H3. The van der Waals surface area contributed by atoms with Gasteiger partial charge in [-0.05, 0) is 24.6 Å². The summed E-state index contributed by atoms with van der Waals surface area (Å²) in [5, 5.41) is 11.2. The van der Waals surface area contributed by atoms with Crippen molar-refractivity contribution in [3.63, 3.8) is 0 Å². The van der Waals surface area contributed by atoms with Gasteiger partial charge in [0, 0.05) is 29.9 Å². The summed E-state index contributed by atoms with van der Waals surface area (Å²) < 4.78 is 9.37. The van der Waals surface area contributed by atoms with Crippen molar-refractivity contribution in [1.82, 2.24) is 24.1 Å². The van der Waals surface area contributed by atoms with E-state index in [0.717, 1.165) is 22.3 Å². The lowest BCUT2D eigenvalue weighted by atomic mass is 10.2. The van der Waals surface area contributed by atoms with E-state index >= 15 is 0 Å². The molecule has 0 unspecified atom stereocenters. The number of hydrogen-bond donors (Lipinski definition) is 0. The molecule has 7 nitrogen and oxygen atoms in total. The summed E-state index contributed by atoms with van der Waals surface area (Å²) in [6, 6.07) is 9.44. The molecule has 0 radical (unpaired) electrons. The Morgan fingerprint density at radius 1 is 1.31 bits per heavy atom. The highest BCUT2D eigenvalue weighted by Gasteiger charge is 2.14. The molecule has 0 saturated heterocycles. The predicted molar refractivity (Wildman–Crippen MR) is 115 cm³/mol. The molecule has 0 aliphatic carbocycles. The van der Waals surface area contributed by atoms with Gasteiger partial charge in [0.2, 0.25) is 0 Å². The topological polar surface area (TPSA) is 74.3 Å². The molecule has 0 saturated carbocycles. The van der Waals surface area contributed by atoms with Crippen molar-refractivity contribution in [1.29, 1.82) is 0 Å². The van der Waals surface area contributed by atoms with E-state index in [2.05, 4.69) is 21.8 Å². The third-order valence-corrected chi connectivity index (χ3v) is 5.92. The number of aryl methyl sites for hydroxylation is 1. The lowest BCUT2D eigenvalue weighted by Gasteiger charge is -2.09. The first-order valence-corrected chi connectivity index (χ1v) is 10.8. The summed E-state index contributed by atoms with van der Waals surface area (Å²) in [6.07, 6.45) is 3.53. The van der Waals surface area contributed by atoms with Crippen LogP contribution in [-0.2, 0) is 18.9 Å². The third kappa shape index (κ3) is 4.41. The number of hydrogen-bond acceptors (Lipinski definition) is 7. The number of allylic oxidation sites excluding steroid dienone is 1. The van der Waals surface area contributed by atoms with Crippen LogP contribution in [0.1, 0.15) is 17.1 Å². The van der Waals surface area contributed by atoms with E-state index in [9.17, 15) is 4.79 Å². The number of benzene rings is 1. The van der Waals surface area contributed by atoms with Gasteiger partial charge in [-0.25, -0.2) is 4.98 Å². The summed E-state index contributed by atoms with van der Waals surface area (Å²) >= 11 is 2.92. The Morgan fingerprint density at radius 2 is 2.21 bits per heavy atom. The Bertz CT molecular complexity index is 1210. The fourth-order valence-electron chi connectivity index (χ4n) is 2.80. The molecule has 9 heteroatoms. The molecule has 0 aliphatic rings. The SMILES string of the molecule is C=CCn1c(COc2cccc(C)c2)nnc1SCc1cc(=O)n2ccsc2n1. The molecule has 0 spiro atoms. The third-order valence-electron chi connectivity index (χ3n) is 4.17. The Kier molecular flexibility index (Phi) is 5.77. The van der Waals surface area contributed by atoms with Crippen molar-refractivity contribution in [2.75, 3.05) is 0 Å². The Morgan fingerprint density at radius 3 is 3.03 bits per heavy atom. The highest BCUT2D eigenvalue weighted by atomic mass is 32.2. The van der Waals surface area contributed by atoms with Crippen molar-refractivity contribution in [2.45, 2.75) is 31.0 Å². The lowest BCUT2D eigenvalue weighted by Crippen LogP contribution is -2.12. The van der Waals surface area contributed by atoms with Gasteiger partial charge in [-0.15, -0.1) is 28.1 Å². The molecule has 148 valence electrons. The minimum Gasteiger partial charge on any atom is -0.486 e. The highest BCUT2D eigenvalue weighted by molar-refractivity contribution is 7.98. The van der Waals surface area contributed by atoms with Crippen LogP contribution in [0.3, 0.4) is 0 Å². The first-order chi connectivity index (χ1) is 14.1. The average molecular weight is 426 g/mol. The lowest BCUT2D eigenvalue weighted by molar-refractivity contribution is 0.289. The molecule has 0 amide bonds. The highest BCUT2D eigenvalue weighted by Crippen LogP contribution is 2.22. The van der Waals surface area contributed by atoms with Gasteiger partial charge in [-0.2, -0.15) is 0 Å². The first-order valence-electron chi connectivity index (χ1n) is 8.95. The fraction of sp³-hybridized carbons (Fsp3) is 0.200. The smallest absolute Gasteiger partial charge is 0.258 e. The minimum atomic E-state index is -0.0772. The molecule has 4 rings (SSSR count). The van der Waals surface area contributed by atoms with Gasteiger partial charge in [-0.3, -0.25) is 13.8 Å². The van der Waals surface area contributed by atoms with Gasteiger partial charge < -0.3 is 4.74 Å². The summed E-state index contributed by atoms with van der Waals surface area (Å²) in [4.78, 5) is 17.4. The molecule has 29 heavy (non-hydrogen) atoms. The van der Waals surface area contributed by atoms with Crippen LogP contribution in [0.2, 0.25) is 0 Å².